The van der Waals surface area contributed by atoms with Crippen molar-refractivity contribution in [2.75, 3.05) is 31.6 Å². The van der Waals surface area contributed by atoms with Crippen LogP contribution in [0.2, 0.25) is 10.0 Å². The van der Waals surface area contributed by atoms with E-state index in [2.05, 4.69) is 15.6 Å². The van der Waals surface area contributed by atoms with E-state index in [0.717, 1.165) is 0 Å². The predicted molar refractivity (Wildman–Crippen MR) is 115 cm³/mol. The van der Waals surface area contributed by atoms with Gasteiger partial charge in [0.25, 0.3) is 0 Å². The topological polar surface area (TPSA) is 90.8 Å². The summed E-state index contributed by atoms with van der Waals surface area (Å²) in [4.78, 5) is 4.29. The number of halogens is 3. The van der Waals surface area contributed by atoms with E-state index in [1.165, 1.54) is 6.26 Å². The maximum atomic E-state index is 11.1. The molecule has 10 heteroatoms. The van der Waals surface area contributed by atoms with Gasteiger partial charge >= 0.3 is 0 Å². The van der Waals surface area contributed by atoms with Gasteiger partial charge < -0.3 is 15.7 Å². The summed E-state index contributed by atoms with van der Waals surface area (Å²) in [5.74, 6) is 0.626. The number of benzene rings is 1. The zero-order valence-corrected chi connectivity index (χ0v) is 18.8. The molecule has 0 saturated heterocycles. The number of sulfone groups is 1. The molecule has 0 aliphatic heterocycles. The van der Waals surface area contributed by atoms with Crippen molar-refractivity contribution in [1.29, 1.82) is 0 Å². The number of aliphatic imine (C=N–C) groups is 1. The summed E-state index contributed by atoms with van der Waals surface area (Å²) in [6.45, 7) is 3.16. The van der Waals surface area contributed by atoms with Crippen molar-refractivity contribution in [3.8, 4) is 0 Å². The summed E-state index contributed by atoms with van der Waals surface area (Å²) in [6.07, 6.45) is 0.849. The molecule has 0 aliphatic carbocycles. The molecule has 1 aromatic carbocycles. The van der Waals surface area contributed by atoms with E-state index in [1.807, 2.05) is 6.92 Å². The molecule has 0 heterocycles. The van der Waals surface area contributed by atoms with Crippen LogP contribution in [-0.4, -0.2) is 51.1 Å². The van der Waals surface area contributed by atoms with Gasteiger partial charge in [-0.3, -0.25) is 4.99 Å². The third kappa shape index (κ3) is 11.1. The lowest BCUT2D eigenvalue weighted by atomic mass is 10.1. The molecule has 0 amide bonds. The third-order valence-corrected chi connectivity index (χ3v) is 4.49. The minimum Gasteiger partial charge on any atom is -0.386 e. The molecular formula is C15H24Cl2IN3O3S. The van der Waals surface area contributed by atoms with Gasteiger partial charge in [-0.1, -0.05) is 23.2 Å². The van der Waals surface area contributed by atoms with Crippen LogP contribution in [0.3, 0.4) is 0 Å². The summed E-state index contributed by atoms with van der Waals surface area (Å²) in [6, 6.07) is 4.87. The Hall–Kier alpha value is -0.290. The second-order valence-electron chi connectivity index (χ2n) is 5.35. The van der Waals surface area contributed by atoms with Crippen LogP contribution in [0.1, 0.15) is 25.0 Å². The number of aliphatic hydroxyl groups excluding tert-OH is 1. The number of nitrogens with one attached hydrogen (secondary N) is 2. The lowest BCUT2D eigenvalue weighted by Gasteiger charge is -2.13. The summed E-state index contributed by atoms with van der Waals surface area (Å²) in [5, 5.41) is 17.2. The molecule has 0 bridgehead atoms. The zero-order valence-electron chi connectivity index (χ0n) is 14.1. The van der Waals surface area contributed by atoms with Crippen LogP contribution in [0, 0.1) is 0 Å². The van der Waals surface area contributed by atoms with Gasteiger partial charge in [0.2, 0.25) is 0 Å². The predicted octanol–water partition coefficient (Wildman–Crippen LogP) is 2.63. The number of aliphatic hydroxyl groups is 1. The van der Waals surface area contributed by atoms with Crippen molar-refractivity contribution < 1.29 is 13.5 Å². The first-order chi connectivity index (χ1) is 11.2. The monoisotopic (exact) mass is 523 g/mol. The van der Waals surface area contributed by atoms with E-state index in [1.54, 1.807) is 18.2 Å². The summed E-state index contributed by atoms with van der Waals surface area (Å²) >= 11 is 11.8. The van der Waals surface area contributed by atoms with Gasteiger partial charge in [0.1, 0.15) is 9.84 Å². The van der Waals surface area contributed by atoms with Gasteiger partial charge in [0.05, 0.1) is 18.4 Å². The Morgan fingerprint density at radius 2 is 1.84 bits per heavy atom. The molecule has 1 atom stereocenters. The van der Waals surface area contributed by atoms with Gasteiger partial charge in [0, 0.05) is 29.4 Å². The molecule has 0 saturated carbocycles. The molecule has 25 heavy (non-hydrogen) atoms. The fourth-order valence-electron chi connectivity index (χ4n) is 1.93. The lowest BCUT2D eigenvalue weighted by molar-refractivity contribution is 0.187. The van der Waals surface area contributed by atoms with Crippen molar-refractivity contribution in [3.05, 3.63) is 33.8 Å². The Labute approximate surface area is 176 Å². The maximum Gasteiger partial charge on any atom is 0.191 e. The van der Waals surface area contributed by atoms with Crippen LogP contribution < -0.4 is 10.6 Å². The van der Waals surface area contributed by atoms with Crippen molar-refractivity contribution in [1.82, 2.24) is 10.6 Å². The fourth-order valence-corrected chi connectivity index (χ4v) is 3.15. The molecule has 0 aromatic heterocycles. The van der Waals surface area contributed by atoms with Crippen LogP contribution in [0.15, 0.2) is 23.2 Å². The van der Waals surface area contributed by atoms with E-state index in [9.17, 15) is 13.5 Å². The van der Waals surface area contributed by atoms with Gasteiger partial charge in [0.15, 0.2) is 5.96 Å². The molecule has 0 radical (unpaired) electrons. The quantitative estimate of drug-likeness (QED) is 0.211. The van der Waals surface area contributed by atoms with Crippen LogP contribution in [-0.2, 0) is 9.84 Å². The number of rotatable bonds is 8. The van der Waals surface area contributed by atoms with E-state index in [4.69, 9.17) is 23.2 Å². The first-order valence-electron chi connectivity index (χ1n) is 7.55. The van der Waals surface area contributed by atoms with Gasteiger partial charge in [-0.25, -0.2) is 8.42 Å². The SMILES string of the molecule is CCNC(=NCC(O)c1cc(Cl)cc(Cl)c1)NCCCS(C)(=O)=O.I. The van der Waals surface area contributed by atoms with E-state index in [0.29, 0.717) is 41.1 Å². The molecule has 0 fully saturated rings. The largest absolute Gasteiger partial charge is 0.386 e. The molecule has 1 aromatic rings. The second kappa shape index (κ2) is 12.2. The lowest BCUT2D eigenvalue weighted by Crippen LogP contribution is -2.38. The molecular weight excluding hydrogens is 500 g/mol. The van der Waals surface area contributed by atoms with E-state index in [-0.39, 0.29) is 36.3 Å². The molecule has 144 valence electrons. The van der Waals surface area contributed by atoms with Gasteiger partial charge in [-0.2, -0.15) is 0 Å². The van der Waals surface area contributed by atoms with Gasteiger partial charge in [-0.15, -0.1) is 24.0 Å². The van der Waals surface area contributed by atoms with Crippen molar-refractivity contribution >= 4 is 63.0 Å². The number of guanidine groups is 1. The zero-order chi connectivity index (χ0) is 18.2. The third-order valence-electron chi connectivity index (χ3n) is 3.02. The van der Waals surface area contributed by atoms with Crippen LogP contribution in [0.25, 0.3) is 0 Å². The first-order valence-corrected chi connectivity index (χ1v) is 10.4. The Kier molecular flexibility index (Phi) is 12.0. The molecule has 0 spiro atoms. The highest BCUT2D eigenvalue weighted by atomic mass is 127. The van der Waals surface area contributed by atoms with E-state index < -0.39 is 15.9 Å². The van der Waals surface area contributed by atoms with E-state index >= 15 is 0 Å². The average Bonchev–Trinajstić information content (AvgIpc) is 2.46. The summed E-state index contributed by atoms with van der Waals surface area (Å²) < 4.78 is 22.2. The van der Waals surface area contributed by atoms with Crippen molar-refractivity contribution in [2.45, 2.75) is 19.4 Å². The van der Waals surface area contributed by atoms with Crippen LogP contribution in [0.4, 0.5) is 0 Å². The van der Waals surface area contributed by atoms with Crippen LogP contribution in [0.5, 0.6) is 0 Å². The number of nitrogens with zero attached hydrogens (tertiary/aromatic N) is 1. The first kappa shape index (κ1) is 24.7. The minimum absolute atomic E-state index is 0. The molecule has 3 N–H and O–H groups in total. The molecule has 1 unspecified atom stereocenters. The normalized spacial score (nSPS) is 13.1. The Morgan fingerprint density at radius 3 is 2.36 bits per heavy atom. The molecule has 0 aliphatic rings. The Bertz CT molecular complexity index is 652. The summed E-state index contributed by atoms with van der Waals surface area (Å²) in [5.41, 5.74) is 0.587. The van der Waals surface area contributed by atoms with Crippen molar-refractivity contribution in [2.24, 2.45) is 4.99 Å². The second-order valence-corrected chi connectivity index (χ2v) is 8.48. The molecule has 6 nitrogen and oxygen atoms in total. The van der Waals surface area contributed by atoms with Gasteiger partial charge in [-0.05, 0) is 37.1 Å². The number of hydrogen-bond donors (Lipinski definition) is 3. The fraction of sp³-hybridized carbons (Fsp3) is 0.533. The average molecular weight is 524 g/mol. The molecule has 1 rings (SSSR count). The highest BCUT2D eigenvalue weighted by Gasteiger charge is 2.10. The smallest absolute Gasteiger partial charge is 0.191 e. The Balaban J connectivity index is 0.00000576. The van der Waals surface area contributed by atoms with Crippen LogP contribution >= 0.6 is 47.2 Å². The highest BCUT2D eigenvalue weighted by molar-refractivity contribution is 14.0. The standard InChI is InChI=1S/C15H23Cl2N3O3S.HI/c1-3-18-15(19-5-4-6-24(2,22)23)20-10-14(21)11-7-12(16)9-13(17)8-11;/h7-9,14,21H,3-6,10H2,1-2H3,(H2,18,19,20);1H. The minimum atomic E-state index is -2.97. The Morgan fingerprint density at radius 1 is 1.24 bits per heavy atom. The highest BCUT2D eigenvalue weighted by Crippen LogP contribution is 2.23. The summed E-state index contributed by atoms with van der Waals surface area (Å²) in [7, 11) is -2.97. The maximum absolute atomic E-state index is 11.1. The van der Waals surface area contributed by atoms with Crippen molar-refractivity contribution in [3.63, 3.8) is 0 Å². The number of hydrogen-bond acceptors (Lipinski definition) is 4.